The number of rotatable bonds is 1. The molecule has 0 spiro atoms. The normalized spacial score (nSPS) is 16.9. The van der Waals surface area contributed by atoms with Gasteiger partial charge in [0.1, 0.15) is 11.5 Å². The van der Waals surface area contributed by atoms with E-state index in [2.05, 4.69) is 4.98 Å². The van der Waals surface area contributed by atoms with Gasteiger partial charge in [0.2, 0.25) is 0 Å². The summed E-state index contributed by atoms with van der Waals surface area (Å²) in [6, 6.07) is 4.64. The van der Waals surface area contributed by atoms with Gasteiger partial charge in [0.05, 0.1) is 6.10 Å². The van der Waals surface area contributed by atoms with Crippen LogP contribution in [0.25, 0.3) is 10.9 Å². The van der Waals surface area contributed by atoms with Gasteiger partial charge in [0.15, 0.2) is 0 Å². The maximum atomic E-state index is 13.4. The largest absolute Gasteiger partial charge is 0.393 e. The number of carbonyl (C=O) groups excluding carboxylic acids is 1. The van der Waals surface area contributed by atoms with E-state index in [1.54, 1.807) is 11.0 Å². The molecule has 1 aromatic carbocycles. The summed E-state index contributed by atoms with van der Waals surface area (Å²) in [7, 11) is 0. The van der Waals surface area contributed by atoms with Gasteiger partial charge in [-0.05, 0) is 43.5 Å². The molecule has 3 rings (SSSR count). The lowest BCUT2D eigenvalue weighted by atomic mass is 10.1. The van der Waals surface area contributed by atoms with Gasteiger partial charge in [-0.25, -0.2) is 4.39 Å². The Kier molecular flexibility index (Phi) is 3.22. The number of fused-ring (bicyclic) bond motifs is 1. The maximum Gasteiger partial charge on any atom is 0.270 e. The molecule has 0 bridgehead atoms. The van der Waals surface area contributed by atoms with Crippen LogP contribution < -0.4 is 0 Å². The van der Waals surface area contributed by atoms with E-state index < -0.39 is 0 Å². The van der Waals surface area contributed by atoms with Crippen molar-refractivity contribution in [3.63, 3.8) is 0 Å². The van der Waals surface area contributed by atoms with Crippen molar-refractivity contribution in [3.05, 3.63) is 35.3 Å². The van der Waals surface area contributed by atoms with Gasteiger partial charge in [-0.3, -0.25) is 4.79 Å². The molecule has 1 amide bonds. The van der Waals surface area contributed by atoms with E-state index in [0.29, 0.717) is 37.1 Å². The quantitative estimate of drug-likeness (QED) is 0.839. The molecule has 4 nitrogen and oxygen atoms in total. The number of benzene rings is 1. The average Bonchev–Trinajstić information content (AvgIpc) is 2.83. The average molecular weight is 276 g/mol. The summed E-state index contributed by atoms with van der Waals surface area (Å²) in [5.74, 6) is -0.398. The number of aliphatic hydroxyl groups is 1. The molecule has 106 valence electrons. The van der Waals surface area contributed by atoms with Crippen molar-refractivity contribution < 1.29 is 14.3 Å². The minimum Gasteiger partial charge on any atom is -0.393 e. The summed E-state index contributed by atoms with van der Waals surface area (Å²) in [6.45, 7) is 2.94. The van der Waals surface area contributed by atoms with Crippen LogP contribution in [0, 0.1) is 12.7 Å². The van der Waals surface area contributed by atoms with Gasteiger partial charge in [-0.2, -0.15) is 0 Å². The van der Waals surface area contributed by atoms with Crippen molar-refractivity contribution in [3.8, 4) is 0 Å². The van der Waals surface area contributed by atoms with Crippen LogP contribution in [0.1, 0.15) is 28.9 Å². The molecular formula is C15H17FN2O2. The third kappa shape index (κ3) is 2.29. The van der Waals surface area contributed by atoms with E-state index in [-0.39, 0.29) is 17.8 Å². The van der Waals surface area contributed by atoms with Crippen molar-refractivity contribution in [2.45, 2.75) is 25.9 Å². The van der Waals surface area contributed by atoms with Crippen LogP contribution in [-0.2, 0) is 0 Å². The predicted octanol–water partition coefficient (Wildman–Crippen LogP) is 2.21. The number of hydrogen-bond acceptors (Lipinski definition) is 2. The van der Waals surface area contributed by atoms with Crippen LogP contribution in [-0.4, -0.2) is 40.1 Å². The molecule has 1 aliphatic heterocycles. The second kappa shape index (κ2) is 4.90. The predicted molar refractivity (Wildman–Crippen MR) is 74.1 cm³/mol. The smallest absolute Gasteiger partial charge is 0.270 e. The fourth-order valence-corrected chi connectivity index (χ4v) is 2.73. The van der Waals surface area contributed by atoms with E-state index in [0.717, 1.165) is 10.9 Å². The van der Waals surface area contributed by atoms with Crippen molar-refractivity contribution >= 4 is 16.8 Å². The standard InChI is InChI=1S/C15H17FN2O2/c1-9-6-10(16)7-13-12(9)8-14(17-13)15(20)18-4-2-11(19)3-5-18/h6-8,11,17,19H,2-5H2,1H3. The molecule has 1 aromatic heterocycles. The summed E-state index contributed by atoms with van der Waals surface area (Å²) < 4.78 is 13.4. The van der Waals surface area contributed by atoms with Crippen LogP contribution in [0.5, 0.6) is 0 Å². The van der Waals surface area contributed by atoms with Crippen LogP contribution in [0.3, 0.4) is 0 Å². The highest BCUT2D eigenvalue weighted by Gasteiger charge is 2.23. The first-order valence-electron chi connectivity index (χ1n) is 6.81. The highest BCUT2D eigenvalue weighted by Crippen LogP contribution is 2.22. The Morgan fingerprint density at radius 2 is 2.05 bits per heavy atom. The van der Waals surface area contributed by atoms with Crippen molar-refractivity contribution in [1.29, 1.82) is 0 Å². The third-order valence-corrected chi connectivity index (χ3v) is 3.89. The molecule has 5 heteroatoms. The minimum atomic E-state index is -0.308. The number of nitrogens with zero attached hydrogens (tertiary/aromatic N) is 1. The number of aryl methyl sites for hydroxylation is 1. The maximum absolute atomic E-state index is 13.4. The Labute approximate surface area is 116 Å². The van der Waals surface area contributed by atoms with E-state index >= 15 is 0 Å². The van der Waals surface area contributed by atoms with Gasteiger partial charge >= 0.3 is 0 Å². The highest BCUT2D eigenvalue weighted by molar-refractivity contribution is 5.98. The number of hydrogen-bond donors (Lipinski definition) is 2. The fourth-order valence-electron chi connectivity index (χ4n) is 2.73. The van der Waals surface area contributed by atoms with Crippen molar-refractivity contribution in [2.24, 2.45) is 0 Å². The SMILES string of the molecule is Cc1cc(F)cc2[nH]c(C(=O)N3CCC(O)CC3)cc12. The van der Waals surface area contributed by atoms with Crippen LogP contribution in [0.4, 0.5) is 4.39 Å². The zero-order chi connectivity index (χ0) is 14.3. The Hall–Kier alpha value is -1.88. The lowest BCUT2D eigenvalue weighted by Crippen LogP contribution is -2.40. The van der Waals surface area contributed by atoms with Crippen LogP contribution in [0.15, 0.2) is 18.2 Å². The van der Waals surface area contributed by atoms with E-state index in [9.17, 15) is 14.3 Å². The number of aromatic nitrogens is 1. The third-order valence-electron chi connectivity index (χ3n) is 3.89. The lowest BCUT2D eigenvalue weighted by Gasteiger charge is -2.29. The van der Waals surface area contributed by atoms with Gasteiger partial charge in [-0.1, -0.05) is 0 Å². The summed E-state index contributed by atoms with van der Waals surface area (Å²) in [5.41, 5.74) is 1.93. The first kappa shape index (κ1) is 13.1. The molecule has 1 saturated heterocycles. The Morgan fingerprint density at radius 1 is 1.35 bits per heavy atom. The first-order valence-corrected chi connectivity index (χ1v) is 6.81. The molecule has 0 saturated carbocycles. The number of likely N-dealkylation sites (tertiary alicyclic amines) is 1. The number of amides is 1. The topological polar surface area (TPSA) is 56.3 Å². The number of nitrogens with one attached hydrogen (secondary N) is 1. The summed E-state index contributed by atoms with van der Waals surface area (Å²) in [5, 5.41) is 10.3. The number of halogens is 1. The van der Waals surface area contributed by atoms with Gasteiger partial charge in [0.25, 0.3) is 5.91 Å². The molecule has 2 aromatic rings. The Balaban J connectivity index is 1.90. The molecule has 1 aliphatic rings. The molecule has 0 atom stereocenters. The molecule has 0 aliphatic carbocycles. The zero-order valence-electron chi connectivity index (χ0n) is 11.3. The van der Waals surface area contributed by atoms with Crippen molar-refractivity contribution in [1.82, 2.24) is 9.88 Å². The molecule has 0 unspecified atom stereocenters. The van der Waals surface area contributed by atoms with E-state index in [1.165, 1.54) is 12.1 Å². The zero-order valence-corrected chi connectivity index (χ0v) is 11.3. The monoisotopic (exact) mass is 276 g/mol. The molecule has 20 heavy (non-hydrogen) atoms. The summed E-state index contributed by atoms with van der Waals surface area (Å²) >= 11 is 0. The molecule has 2 heterocycles. The first-order chi connectivity index (χ1) is 9.54. The summed E-state index contributed by atoms with van der Waals surface area (Å²) in [4.78, 5) is 17.1. The van der Waals surface area contributed by atoms with E-state index in [4.69, 9.17) is 0 Å². The van der Waals surface area contributed by atoms with Gasteiger partial charge in [-0.15, -0.1) is 0 Å². The van der Waals surface area contributed by atoms with Crippen molar-refractivity contribution in [2.75, 3.05) is 13.1 Å². The highest BCUT2D eigenvalue weighted by atomic mass is 19.1. The second-order valence-corrected chi connectivity index (χ2v) is 5.39. The minimum absolute atomic E-state index is 0.0899. The van der Waals surface area contributed by atoms with Gasteiger partial charge in [0, 0.05) is 24.0 Å². The number of aliphatic hydroxyl groups excluding tert-OH is 1. The number of carbonyl (C=O) groups is 1. The number of H-pyrrole nitrogens is 1. The lowest BCUT2D eigenvalue weighted by molar-refractivity contribution is 0.0542. The number of piperidine rings is 1. The van der Waals surface area contributed by atoms with E-state index in [1.807, 2.05) is 6.92 Å². The molecule has 0 radical (unpaired) electrons. The van der Waals surface area contributed by atoms with Crippen LogP contribution in [0.2, 0.25) is 0 Å². The Morgan fingerprint density at radius 3 is 2.75 bits per heavy atom. The van der Waals surface area contributed by atoms with Crippen LogP contribution >= 0.6 is 0 Å². The second-order valence-electron chi connectivity index (χ2n) is 5.39. The Bertz CT molecular complexity index is 657. The number of aromatic amines is 1. The summed E-state index contributed by atoms with van der Waals surface area (Å²) in [6.07, 6.45) is 0.914. The molecule has 1 fully saturated rings. The fraction of sp³-hybridized carbons (Fsp3) is 0.400. The van der Waals surface area contributed by atoms with Gasteiger partial charge < -0.3 is 15.0 Å². The molecular weight excluding hydrogens is 259 g/mol. The molecule has 2 N–H and O–H groups in total.